The highest BCUT2D eigenvalue weighted by Gasteiger charge is 1.96. The molecule has 0 aliphatic carbocycles. The number of nitrogens with zero attached hydrogens (tertiary/aromatic N) is 1. The van der Waals surface area contributed by atoms with Gasteiger partial charge >= 0.3 is 0 Å². The molecule has 0 saturated heterocycles. The van der Waals surface area contributed by atoms with Gasteiger partial charge in [0, 0.05) is 5.69 Å². The molecule has 4 nitrogen and oxygen atoms in total. The topological polar surface area (TPSA) is 62.5 Å². The standard InChI is InChI=1S/C7H10N4/c8-7-3-1-2-6(4-7)5-11-9-10-11/h1-4,9-10H,5,8H2. The highest BCUT2D eigenvalue weighted by Crippen LogP contribution is 2.07. The summed E-state index contributed by atoms with van der Waals surface area (Å²) in [6, 6.07) is 7.83. The van der Waals surface area contributed by atoms with E-state index in [-0.39, 0.29) is 0 Å². The van der Waals surface area contributed by atoms with Gasteiger partial charge in [0.1, 0.15) is 0 Å². The molecule has 0 bridgehead atoms. The Balaban J connectivity index is 2.19. The molecular formula is C7H10N4. The average molecular weight is 150 g/mol. The van der Waals surface area contributed by atoms with Crippen molar-refractivity contribution in [3.63, 3.8) is 0 Å². The first-order valence-corrected chi connectivity index (χ1v) is 3.48. The lowest BCUT2D eigenvalue weighted by molar-refractivity contribution is 0.790. The first-order valence-electron chi connectivity index (χ1n) is 3.48. The third-order valence-corrected chi connectivity index (χ3v) is 1.56. The lowest BCUT2D eigenvalue weighted by Gasteiger charge is -1.96. The van der Waals surface area contributed by atoms with Crippen LogP contribution in [-0.2, 0) is 6.54 Å². The summed E-state index contributed by atoms with van der Waals surface area (Å²) in [5.74, 6) is 0. The Morgan fingerprint density at radius 2 is 2.18 bits per heavy atom. The van der Waals surface area contributed by atoms with E-state index in [1.165, 1.54) is 5.56 Å². The second-order valence-corrected chi connectivity index (χ2v) is 2.55. The van der Waals surface area contributed by atoms with Crippen LogP contribution < -0.4 is 5.73 Å². The molecule has 0 radical (unpaired) electrons. The number of benzene rings is 1. The zero-order valence-electron chi connectivity index (χ0n) is 6.04. The molecule has 11 heavy (non-hydrogen) atoms. The maximum Gasteiger partial charge on any atom is 0.0845 e. The van der Waals surface area contributed by atoms with Crippen molar-refractivity contribution in [1.29, 1.82) is 0 Å². The zero-order chi connectivity index (χ0) is 7.68. The Morgan fingerprint density at radius 3 is 2.82 bits per heavy atom. The molecule has 1 aromatic carbocycles. The maximum absolute atomic E-state index is 5.60. The summed E-state index contributed by atoms with van der Waals surface area (Å²) in [6.07, 6.45) is 0. The molecular weight excluding hydrogens is 140 g/mol. The van der Waals surface area contributed by atoms with Crippen LogP contribution in [0.2, 0.25) is 0 Å². The van der Waals surface area contributed by atoms with Gasteiger partial charge < -0.3 is 5.73 Å². The maximum atomic E-state index is 5.60. The van der Waals surface area contributed by atoms with Crippen LogP contribution in [0.25, 0.3) is 0 Å². The number of rotatable bonds is 2. The second kappa shape index (κ2) is 2.23. The monoisotopic (exact) mass is 150 g/mol. The van der Waals surface area contributed by atoms with Crippen LogP contribution in [0.15, 0.2) is 24.3 Å². The second-order valence-electron chi connectivity index (χ2n) is 2.55. The Labute approximate surface area is 63.9 Å². The van der Waals surface area contributed by atoms with Crippen LogP contribution in [-0.4, -0.2) is 15.2 Å². The number of hydrogen-bond acceptors (Lipinski definition) is 1. The Morgan fingerprint density at radius 1 is 1.36 bits per heavy atom. The largest absolute Gasteiger partial charge is 0.399 e. The van der Waals surface area contributed by atoms with E-state index in [1.54, 1.807) is 0 Å². The molecule has 0 aliphatic rings. The number of H-pyrrole nitrogens is 2. The number of nitrogen functional groups attached to an aromatic ring is 1. The number of anilines is 1. The number of nitrogens with two attached hydrogens (primary N) is 1. The number of nitrogens with one attached hydrogen (secondary N) is 2. The normalized spacial score (nSPS) is 10.5. The van der Waals surface area contributed by atoms with E-state index in [4.69, 9.17) is 5.73 Å². The summed E-state index contributed by atoms with van der Waals surface area (Å²) in [5.41, 5.74) is 7.60. The molecule has 0 amide bonds. The zero-order valence-corrected chi connectivity index (χ0v) is 6.04. The van der Waals surface area contributed by atoms with Crippen LogP contribution >= 0.6 is 0 Å². The molecule has 58 valence electrons. The van der Waals surface area contributed by atoms with Gasteiger partial charge in [0.05, 0.1) is 6.54 Å². The summed E-state index contributed by atoms with van der Waals surface area (Å²) in [5, 5.41) is 5.69. The van der Waals surface area contributed by atoms with Crippen molar-refractivity contribution >= 4 is 5.69 Å². The fourth-order valence-corrected chi connectivity index (χ4v) is 0.988. The van der Waals surface area contributed by atoms with E-state index >= 15 is 0 Å². The van der Waals surface area contributed by atoms with Crippen molar-refractivity contribution in [3.8, 4) is 0 Å². The van der Waals surface area contributed by atoms with Crippen molar-refractivity contribution in [3.05, 3.63) is 29.8 Å². The molecule has 0 saturated carbocycles. The van der Waals surface area contributed by atoms with Gasteiger partial charge in [0.2, 0.25) is 0 Å². The minimum Gasteiger partial charge on any atom is -0.399 e. The van der Waals surface area contributed by atoms with Gasteiger partial charge in [-0.1, -0.05) is 12.1 Å². The van der Waals surface area contributed by atoms with Crippen molar-refractivity contribution in [1.82, 2.24) is 15.2 Å². The van der Waals surface area contributed by atoms with Crippen molar-refractivity contribution in [2.24, 2.45) is 0 Å². The number of aromatic amines is 2. The summed E-state index contributed by atoms with van der Waals surface area (Å²) in [7, 11) is 0. The van der Waals surface area contributed by atoms with Crippen molar-refractivity contribution in [2.45, 2.75) is 6.54 Å². The third kappa shape index (κ3) is 1.46. The van der Waals surface area contributed by atoms with Crippen LogP contribution in [0.3, 0.4) is 0 Å². The fourth-order valence-electron chi connectivity index (χ4n) is 0.988. The van der Waals surface area contributed by atoms with Crippen LogP contribution in [0.1, 0.15) is 5.56 Å². The molecule has 0 aliphatic heterocycles. The number of hydrogen-bond donors (Lipinski definition) is 3. The van der Waals surface area contributed by atoms with Gasteiger partial charge in [0.15, 0.2) is 0 Å². The lowest BCUT2D eigenvalue weighted by atomic mass is 10.2. The molecule has 1 heterocycles. The fraction of sp³-hybridized carbons (Fsp3) is 0.143. The third-order valence-electron chi connectivity index (χ3n) is 1.56. The first kappa shape index (κ1) is 6.15. The summed E-state index contributed by atoms with van der Waals surface area (Å²) in [6.45, 7) is 0.838. The van der Waals surface area contributed by atoms with Gasteiger partial charge in [-0.2, -0.15) is 4.80 Å². The lowest BCUT2D eigenvalue weighted by Crippen LogP contribution is -1.93. The Bertz CT molecular complexity index is 319. The highest BCUT2D eigenvalue weighted by molar-refractivity contribution is 5.40. The molecule has 4 heteroatoms. The van der Waals surface area contributed by atoms with Crippen molar-refractivity contribution in [2.75, 3.05) is 5.73 Å². The molecule has 4 N–H and O–H groups in total. The molecule has 0 unspecified atom stereocenters. The summed E-state index contributed by atoms with van der Waals surface area (Å²) in [4.78, 5) is 1.87. The van der Waals surface area contributed by atoms with Gasteiger partial charge in [0.25, 0.3) is 0 Å². The molecule has 0 atom stereocenters. The Kier molecular flexibility index (Phi) is 1.25. The summed E-state index contributed by atoms with van der Waals surface area (Å²) < 4.78 is 0. The first-order chi connectivity index (χ1) is 5.34. The molecule has 0 spiro atoms. The predicted molar refractivity (Wildman–Crippen MR) is 43.1 cm³/mol. The minimum atomic E-state index is 0.810. The molecule has 2 aromatic rings. The highest BCUT2D eigenvalue weighted by atomic mass is 15.7. The SMILES string of the molecule is Nc1cccc(Cn2[nH][nH]2)c1. The smallest absolute Gasteiger partial charge is 0.0845 e. The quantitative estimate of drug-likeness (QED) is 0.544. The predicted octanol–water partition coefficient (Wildman–Crippen LogP) is 0.775. The van der Waals surface area contributed by atoms with E-state index in [0.29, 0.717) is 0 Å². The van der Waals surface area contributed by atoms with E-state index in [2.05, 4.69) is 10.4 Å². The van der Waals surface area contributed by atoms with Gasteiger partial charge in [-0.05, 0) is 17.7 Å². The van der Waals surface area contributed by atoms with E-state index in [1.807, 2.05) is 29.1 Å². The van der Waals surface area contributed by atoms with Crippen LogP contribution in [0, 0.1) is 0 Å². The number of aromatic nitrogens is 3. The molecule has 0 fully saturated rings. The Hall–Kier alpha value is -1.58. The average Bonchev–Trinajstić information content (AvgIpc) is 2.71. The summed E-state index contributed by atoms with van der Waals surface area (Å²) >= 11 is 0. The minimum absolute atomic E-state index is 0.810. The van der Waals surface area contributed by atoms with Crippen LogP contribution in [0.5, 0.6) is 0 Å². The molecule has 2 rings (SSSR count). The van der Waals surface area contributed by atoms with E-state index < -0.39 is 0 Å². The van der Waals surface area contributed by atoms with Gasteiger partial charge in [-0.15, -0.1) is 0 Å². The van der Waals surface area contributed by atoms with E-state index in [9.17, 15) is 0 Å². The van der Waals surface area contributed by atoms with Gasteiger partial charge in [-0.3, -0.25) is 0 Å². The van der Waals surface area contributed by atoms with Crippen molar-refractivity contribution < 1.29 is 0 Å². The molecule has 1 aromatic heterocycles. The van der Waals surface area contributed by atoms with Gasteiger partial charge in [-0.25, -0.2) is 10.4 Å². The van der Waals surface area contributed by atoms with Crippen LogP contribution in [0.4, 0.5) is 5.69 Å². The van der Waals surface area contributed by atoms with E-state index in [0.717, 1.165) is 12.2 Å².